The molecule has 0 bridgehead atoms. The highest BCUT2D eigenvalue weighted by molar-refractivity contribution is 7.92. The fourth-order valence-corrected chi connectivity index (χ4v) is 10.4. The van der Waals surface area contributed by atoms with E-state index in [4.69, 9.17) is 16.3 Å². The first-order chi connectivity index (χ1) is 30.2. The fourth-order valence-electron chi connectivity index (χ4n) is 8.23. The average molecular weight is 920 g/mol. The van der Waals surface area contributed by atoms with Crippen LogP contribution in [0, 0.1) is 5.92 Å². The Bertz CT molecular complexity index is 2840. The van der Waals surface area contributed by atoms with Crippen molar-refractivity contribution < 1.29 is 39.5 Å². The Balaban J connectivity index is 1.04. The molecule has 5 aromatic carbocycles. The lowest BCUT2D eigenvalue weighted by molar-refractivity contribution is -0.0435. The molecule has 6 aromatic rings. The highest BCUT2D eigenvalue weighted by Crippen LogP contribution is 2.37. The molecule has 3 N–H and O–H groups in total. The number of rotatable bonds is 13. The molecule has 0 aliphatic carbocycles. The smallest absolute Gasteiger partial charge is 0.384 e. The summed E-state index contributed by atoms with van der Waals surface area (Å²) in [5.74, 6) is -1.02. The molecule has 1 aromatic heterocycles. The maximum atomic E-state index is 14.1. The Kier molecular flexibility index (Phi) is 12.9. The average Bonchev–Trinajstić information content (AvgIpc) is 3.76. The summed E-state index contributed by atoms with van der Waals surface area (Å²) in [4.78, 5) is 19.7. The van der Waals surface area contributed by atoms with E-state index in [1.807, 2.05) is 71.5 Å². The third-order valence-corrected chi connectivity index (χ3v) is 14.8. The number of carbonyl (C=O) groups is 1. The number of sulfone groups is 1. The van der Waals surface area contributed by atoms with E-state index >= 15 is 0 Å². The first-order valence-electron chi connectivity index (χ1n) is 20.5. The number of hydrogen-bond donors (Lipinski definition) is 3. The number of nitrogens with one attached hydrogen (secondary N) is 3. The van der Waals surface area contributed by atoms with Crippen LogP contribution in [0.4, 0.5) is 24.5 Å². The molecule has 2 aliphatic rings. The van der Waals surface area contributed by atoms with Crippen LogP contribution in [0.1, 0.15) is 39.9 Å². The molecular formula is C46H45ClF3N5O6S2. The number of fused-ring (bicyclic) bond motifs is 1. The van der Waals surface area contributed by atoms with Crippen LogP contribution in [0.2, 0.25) is 5.02 Å². The van der Waals surface area contributed by atoms with Gasteiger partial charge in [-0.05, 0) is 114 Å². The van der Waals surface area contributed by atoms with E-state index in [-0.39, 0.29) is 24.4 Å². The molecule has 3 heterocycles. The normalized spacial score (nSPS) is 15.7. The molecule has 0 unspecified atom stereocenters. The molecule has 0 radical (unpaired) electrons. The van der Waals surface area contributed by atoms with Crippen molar-refractivity contribution in [1.82, 2.24) is 14.6 Å². The first-order valence-corrected chi connectivity index (χ1v) is 23.8. The van der Waals surface area contributed by atoms with Gasteiger partial charge >= 0.3 is 5.51 Å². The lowest BCUT2D eigenvalue weighted by atomic mass is 9.96. The highest BCUT2D eigenvalue weighted by atomic mass is 35.5. The van der Waals surface area contributed by atoms with Gasteiger partial charge in [-0.1, -0.05) is 60.1 Å². The Hall–Kier alpha value is -5.39. The second-order valence-corrected chi connectivity index (χ2v) is 19.8. The lowest BCUT2D eigenvalue weighted by Crippen LogP contribution is -2.46. The van der Waals surface area contributed by atoms with Gasteiger partial charge in [-0.25, -0.2) is 21.6 Å². The Morgan fingerprint density at radius 2 is 1.54 bits per heavy atom. The molecule has 330 valence electrons. The zero-order chi connectivity index (χ0) is 44.4. The van der Waals surface area contributed by atoms with Crippen LogP contribution >= 0.6 is 11.6 Å². The fraction of sp³-hybridized carbons (Fsp3) is 0.283. The predicted octanol–water partition coefficient (Wildman–Crippen LogP) is 8.65. The van der Waals surface area contributed by atoms with Crippen LogP contribution in [0.5, 0.6) is 0 Å². The van der Waals surface area contributed by atoms with Gasteiger partial charge in [0.15, 0.2) is 0 Å². The molecular weight excluding hydrogens is 875 g/mol. The number of hydrogen-bond acceptors (Lipinski definition) is 9. The summed E-state index contributed by atoms with van der Waals surface area (Å²) in [6.45, 7) is 4.68. The zero-order valence-electron chi connectivity index (χ0n) is 34.0. The maximum Gasteiger partial charge on any atom is 0.501 e. The third kappa shape index (κ3) is 9.90. The molecule has 63 heavy (non-hydrogen) atoms. The monoisotopic (exact) mass is 919 g/mol. The van der Waals surface area contributed by atoms with Gasteiger partial charge in [0, 0.05) is 85.9 Å². The Morgan fingerprint density at radius 3 is 2.29 bits per heavy atom. The van der Waals surface area contributed by atoms with Gasteiger partial charge in [0.1, 0.15) is 4.90 Å². The SMILES string of the molecule is O=C(NS(=O)(=O)c1ccc(NCC2CCOCC2)c(S(=O)(=O)C(F)(F)F)c1)c1ccc(N2CCN(Cc3ccccc3-c3ccc(Cl)cc3)CC2)cc1Cc1cccc2[nH]ccc12. The molecule has 0 atom stereocenters. The van der Waals surface area contributed by atoms with E-state index < -0.39 is 46.8 Å². The second kappa shape index (κ2) is 18.4. The van der Waals surface area contributed by atoms with Crippen molar-refractivity contribution >= 4 is 59.6 Å². The largest absolute Gasteiger partial charge is 0.501 e. The van der Waals surface area contributed by atoms with Gasteiger partial charge in [0.25, 0.3) is 25.8 Å². The second-order valence-electron chi connectivity index (χ2n) is 15.8. The molecule has 2 saturated heterocycles. The van der Waals surface area contributed by atoms with Crippen molar-refractivity contribution in [3.63, 3.8) is 0 Å². The number of nitrogens with zero attached hydrogens (tertiary/aromatic N) is 2. The summed E-state index contributed by atoms with van der Waals surface area (Å²) in [6.07, 6.45) is 3.29. The topological polar surface area (TPSA) is 141 Å². The number of amides is 1. The number of alkyl halides is 3. The van der Waals surface area contributed by atoms with Crippen molar-refractivity contribution in [2.24, 2.45) is 5.92 Å². The van der Waals surface area contributed by atoms with E-state index in [1.54, 1.807) is 18.3 Å². The van der Waals surface area contributed by atoms with Crippen LogP contribution in [0.3, 0.4) is 0 Å². The molecule has 11 nitrogen and oxygen atoms in total. The number of H-pyrrole nitrogens is 1. The van der Waals surface area contributed by atoms with E-state index in [1.165, 1.54) is 5.56 Å². The summed E-state index contributed by atoms with van der Waals surface area (Å²) < 4.78 is 102. The predicted molar refractivity (Wildman–Crippen MR) is 238 cm³/mol. The van der Waals surface area contributed by atoms with E-state index in [9.17, 15) is 34.8 Å². The number of aromatic nitrogens is 1. The van der Waals surface area contributed by atoms with E-state index in [2.05, 4.69) is 32.2 Å². The summed E-state index contributed by atoms with van der Waals surface area (Å²) in [6, 6.07) is 31.3. The number of sulfonamides is 1. The van der Waals surface area contributed by atoms with Crippen molar-refractivity contribution in [1.29, 1.82) is 0 Å². The molecule has 1 amide bonds. The minimum absolute atomic E-state index is 0.00628. The van der Waals surface area contributed by atoms with Crippen molar-refractivity contribution in [2.75, 3.05) is 56.2 Å². The van der Waals surface area contributed by atoms with Gasteiger partial charge in [-0.2, -0.15) is 13.2 Å². The number of carbonyl (C=O) groups excluding carboxylic acids is 1. The zero-order valence-corrected chi connectivity index (χ0v) is 36.4. The molecule has 8 rings (SSSR count). The third-order valence-electron chi connectivity index (χ3n) is 11.7. The van der Waals surface area contributed by atoms with Crippen LogP contribution in [0.15, 0.2) is 125 Å². The standard InChI is InChI=1S/C46H45ClF3N5O6S2/c47-36-10-8-32(9-11-36)39-6-2-1-4-34(39)30-54-20-22-55(23-21-54)37-12-14-41(35(27-37)26-33-5-3-7-42-40(33)16-19-51-42)45(56)53-63(59,60)38-13-15-43(52-29-31-17-24-61-25-18-31)44(28-38)62(57,58)46(48,49)50/h1-16,19,27-28,31,51-52H,17-18,20-26,29-30H2,(H,53,56). The molecule has 0 spiro atoms. The summed E-state index contributed by atoms with van der Waals surface area (Å²) >= 11 is 6.15. The van der Waals surface area contributed by atoms with Crippen LogP contribution in [-0.2, 0) is 37.6 Å². The number of aromatic amines is 1. The molecule has 2 aliphatic heterocycles. The summed E-state index contributed by atoms with van der Waals surface area (Å²) in [5.41, 5.74) is 0.419. The minimum Gasteiger partial charge on any atom is -0.384 e. The van der Waals surface area contributed by atoms with Gasteiger partial charge in [-0.3, -0.25) is 9.69 Å². The minimum atomic E-state index is -6.01. The van der Waals surface area contributed by atoms with Crippen LogP contribution in [-0.4, -0.2) is 84.1 Å². The summed E-state index contributed by atoms with van der Waals surface area (Å²) in [5, 5.41) is 4.36. The van der Waals surface area contributed by atoms with Gasteiger partial charge in [0.2, 0.25) is 0 Å². The highest BCUT2D eigenvalue weighted by Gasteiger charge is 2.48. The van der Waals surface area contributed by atoms with Crippen LogP contribution in [0.25, 0.3) is 22.0 Å². The lowest BCUT2D eigenvalue weighted by Gasteiger charge is -2.36. The number of anilines is 2. The van der Waals surface area contributed by atoms with Crippen molar-refractivity contribution in [2.45, 2.75) is 41.1 Å². The Labute approximate surface area is 369 Å². The summed E-state index contributed by atoms with van der Waals surface area (Å²) in [7, 11) is -10.9. The van der Waals surface area contributed by atoms with Crippen molar-refractivity contribution in [3.8, 4) is 11.1 Å². The number of ether oxygens (including phenoxy) is 1. The number of piperazine rings is 1. The van der Waals surface area contributed by atoms with Gasteiger partial charge in [-0.15, -0.1) is 0 Å². The van der Waals surface area contributed by atoms with Gasteiger partial charge in [0.05, 0.1) is 10.6 Å². The molecule has 17 heteroatoms. The molecule has 0 saturated carbocycles. The van der Waals surface area contributed by atoms with Crippen molar-refractivity contribution in [3.05, 3.63) is 143 Å². The quantitative estimate of drug-likeness (QED) is 0.104. The van der Waals surface area contributed by atoms with E-state index in [0.29, 0.717) is 55.8 Å². The number of halogens is 4. The maximum absolute atomic E-state index is 14.1. The van der Waals surface area contributed by atoms with Gasteiger partial charge < -0.3 is 19.9 Å². The van der Waals surface area contributed by atoms with Crippen LogP contribution < -0.4 is 14.9 Å². The van der Waals surface area contributed by atoms with E-state index in [0.717, 1.165) is 65.0 Å². The molecule has 2 fully saturated rings. The Morgan fingerprint density at radius 1 is 0.810 bits per heavy atom. The number of benzene rings is 5. The first kappa shape index (κ1) is 44.2.